The van der Waals surface area contributed by atoms with Crippen LogP contribution in [0.25, 0.3) is 5.69 Å². The fourth-order valence-electron chi connectivity index (χ4n) is 1.75. The average molecular weight is 452 g/mol. The number of rotatable bonds is 4. The Morgan fingerprint density at radius 2 is 1.96 bits per heavy atom. The monoisotopic (exact) mass is 451 g/mol. The molecule has 0 aliphatic rings. The number of thiazole rings is 1. The molecule has 0 spiro atoms. The van der Waals surface area contributed by atoms with Crippen molar-refractivity contribution in [3.63, 3.8) is 0 Å². The van der Waals surface area contributed by atoms with Crippen LogP contribution in [0.1, 0.15) is 15.4 Å². The van der Waals surface area contributed by atoms with Gasteiger partial charge in [-0.25, -0.2) is 9.78 Å². The first-order chi connectivity index (χ1) is 11.8. The second-order valence-electron chi connectivity index (χ2n) is 4.41. The number of halogens is 4. The molecule has 0 radical (unpaired) electrons. The average Bonchev–Trinajstić information content (AvgIpc) is 3.15. The first-order valence-corrected chi connectivity index (χ1v) is 8.72. The highest BCUT2D eigenvalue weighted by molar-refractivity contribution is 9.10. The molecule has 3 aromatic rings. The normalized spacial score (nSPS) is 11.7. The molecule has 25 heavy (non-hydrogen) atoms. The maximum absolute atomic E-state index is 12.9. The molecule has 0 fully saturated rings. The van der Waals surface area contributed by atoms with Crippen LogP contribution in [-0.4, -0.2) is 36.3 Å². The van der Waals surface area contributed by atoms with Gasteiger partial charge in [-0.1, -0.05) is 27.3 Å². The van der Waals surface area contributed by atoms with Crippen LogP contribution < -0.4 is 0 Å². The standard InChI is InChI=1S/C12H5BrF3N5O2S2/c13-5-1-3-6(4-2-5)21-10(18-19-20-21)25-11-17-8(12(14,15)16)7(24-11)9(22)23/h1-4H,(H,22,23). The number of aromatic nitrogens is 5. The maximum Gasteiger partial charge on any atom is 0.435 e. The lowest BCUT2D eigenvalue weighted by molar-refractivity contribution is -0.141. The predicted molar refractivity (Wildman–Crippen MR) is 85.1 cm³/mol. The number of aromatic carboxylic acids is 1. The zero-order valence-corrected chi connectivity index (χ0v) is 14.9. The lowest BCUT2D eigenvalue weighted by Gasteiger charge is -2.03. The van der Waals surface area contributed by atoms with Gasteiger partial charge >= 0.3 is 12.1 Å². The SMILES string of the molecule is O=C(O)c1sc(Sc2nnnn2-c2ccc(Br)cc2)nc1C(F)(F)F. The minimum atomic E-state index is -4.86. The van der Waals surface area contributed by atoms with Crippen molar-refractivity contribution < 1.29 is 23.1 Å². The molecule has 0 saturated carbocycles. The molecule has 0 amide bonds. The van der Waals surface area contributed by atoms with Gasteiger partial charge in [0, 0.05) is 4.47 Å². The van der Waals surface area contributed by atoms with Crippen molar-refractivity contribution in [2.75, 3.05) is 0 Å². The molecule has 0 bridgehead atoms. The number of alkyl halides is 3. The molecule has 0 atom stereocenters. The number of hydrogen-bond donors (Lipinski definition) is 1. The summed E-state index contributed by atoms with van der Waals surface area (Å²) in [4.78, 5) is 13.5. The quantitative estimate of drug-likeness (QED) is 0.645. The number of carbonyl (C=O) groups is 1. The Kier molecular flexibility index (Phi) is 4.79. The van der Waals surface area contributed by atoms with E-state index in [-0.39, 0.29) is 9.50 Å². The summed E-state index contributed by atoms with van der Waals surface area (Å²) in [7, 11) is 0. The summed E-state index contributed by atoms with van der Waals surface area (Å²) < 4.78 is 40.7. The third-order valence-corrected chi connectivity index (χ3v) is 5.33. The van der Waals surface area contributed by atoms with E-state index in [0.717, 1.165) is 16.2 Å². The third-order valence-electron chi connectivity index (χ3n) is 2.76. The summed E-state index contributed by atoms with van der Waals surface area (Å²) in [5.74, 6) is -1.69. The highest BCUT2D eigenvalue weighted by atomic mass is 79.9. The fraction of sp³-hybridized carbons (Fsp3) is 0.0833. The minimum absolute atomic E-state index is 0.127. The number of tetrazole rings is 1. The molecule has 2 aromatic heterocycles. The van der Waals surface area contributed by atoms with E-state index in [0.29, 0.717) is 17.0 Å². The van der Waals surface area contributed by atoms with E-state index < -0.39 is 22.7 Å². The van der Waals surface area contributed by atoms with Crippen molar-refractivity contribution in [3.8, 4) is 5.69 Å². The zero-order valence-electron chi connectivity index (χ0n) is 11.7. The maximum atomic E-state index is 12.9. The number of benzene rings is 1. The second kappa shape index (κ2) is 6.72. The molecule has 3 rings (SSSR count). The van der Waals surface area contributed by atoms with Gasteiger partial charge in [0.25, 0.3) is 0 Å². The van der Waals surface area contributed by atoms with E-state index in [2.05, 4.69) is 36.4 Å². The van der Waals surface area contributed by atoms with Crippen molar-refractivity contribution >= 4 is 45.0 Å². The van der Waals surface area contributed by atoms with Gasteiger partial charge in [-0.2, -0.15) is 17.9 Å². The third kappa shape index (κ3) is 3.82. The first kappa shape index (κ1) is 17.8. The van der Waals surface area contributed by atoms with Crippen molar-refractivity contribution in [3.05, 3.63) is 39.3 Å². The Morgan fingerprint density at radius 3 is 2.52 bits per heavy atom. The smallest absolute Gasteiger partial charge is 0.435 e. The van der Waals surface area contributed by atoms with Crippen LogP contribution in [0.3, 0.4) is 0 Å². The summed E-state index contributed by atoms with van der Waals surface area (Å²) in [6.07, 6.45) is -4.86. The van der Waals surface area contributed by atoms with Gasteiger partial charge in [0.15, 0.2) is 10.0 Å². The minimum Gasteiger partial charge on any atom is -0.477 e. The highest BCUT2D eigenvalue weighted by Crippen LogP contribution is 2.39. The molecule has 0 saturated heterocycles. The van der Waals surface area contributed by atoms with E-state index in [1.807, 2.05) is 0 Å². The second-order valence-corrected chi connectivity index (χ2v) is 7.54. The largest absolute Gasteiger partial charge is 0.477 e. The molecule has 0 aliphatic heterocycles. The van der Waals surface area contributed by atoms with E-state index in [9.17, 15) is 18.0 Å². The molecular weight excluding hydrogens is 447 g/mol. The molecule has 130 valence electrons. The Bertz CT molecular complexity index is 926. The molecule has 1 N–H and O–H groups in total. The van der Waals surface area contributed by atoms with E-state index in [1.165, 1.54) is 4.68 Å². The summed E-state index contributed by atoms with van der Waals surface area (Å²) in [5.41, 5.74) is -0.850. The van der Waals surface area contributed by atoms with Crippen LogP contribution in [0.4, 0.5) is 13.2 Å². The molecule has 7 nitrogen and oxygen atoms in total. The Balaban J connectivity index is 1.95. The summed E-state index contributed by atoms with van der Waals surface area (Å²) in [6, 6.07) is 6.91. The van der Waals surface area contributed by atoms with Crippen molar-refractivity contribution in [2.45, 2.75) is 15.7 Å². The Morgan fingerprint density at radius 1 is 1.28 bits per heavy atom. The summed E-state index contributed by atoms with van der Waals surface area (Å²) >= 11 is 4.45. The van der Waals surface area contributed by atoms with E-state index in [4.69, 9.17) is 5.11 Å². The zero-order chi connectivity index (χ0) is 18.2. The molecule has 2 heterocycles. The van der Waals surface area contributed by atoms with Crippen molar-refractivity contribution in [1.29, 1.82) is 0 Å². The van der Waals surface area contributed by atoms with Gasteiger partial charge in [-0.15, -0.1) is 5.10 Å². The molecule has 1 aromatic carbocycles. The van der Waals surface area contributed by atoms with Gasteiger partial charge < -0.3 is 5.11 Å². The number of carboxylic acid groups (broad SMARTS) is 1. The fourth-order valence-corrected chi connectivity index (χ4v) is 3.91. The van der Waals surface area contributed by atoms with E-state index in [1.54, 1.807) is 24.3 Å². The summed E-state index contributed by atoms with van der Waals surface area (Å²) in [5, 5.41) is 20.1. The molecule has 0 unspecified atom stereocenters. The van der Waals surface area contributed by atoms with Crippen LogP contribution in [0, 0.1) is 0 Å². The number of carboxylic acids is 1. The lowest BCUT2D eigenvalue weighted by Crippen LogP contribution is -2.11. The summed E-state index contributed by atoms with van der Waals surface area (Å²) in [6.45, 7) is 0. The van der Waals surface area contributed by atoms with Crippen LogP contribution in [0.2, 0.25) is 0 Å². The Hall–Kier alpha value is -1.99. The van der Waals surface area contributed by atoms with Crippen LogP contribution >= 0.6 is 39.0 Å². The van der Waals surface area contributed by atoms with Crippen LogP contribution in [0.5, 0.6) is 0 Å². The van der Waals surface area contributed by atoms with Crippen LogP contribution in [-0.2, 0) is 6.18 Å². The van der Waals surface area contributed by atoms with Crippen molar-refractivity contribution in [2.24, 2.45) is 0 Å². The predicted octanol–water partition coefficient (Wildman–Crippen LogP) is 3.75. The highest BCUT2D eigenvalue weighted by Gasteiger charge is 2.40. The topological polar surface area (TPSA) is 93.8 Å². The molecule has 0 aliphatic carbocycles. The van der Waals surface area contributed by atoms with Gasteiger partial charge in [-0.3, -0.25) is 0 Å². The number of nitrogens with zero attached hydrogens (tertiary/aromatic N) is 5. The van der Waals surface area contributed by atoms with E-state index >= 15 is 0 Å². The molecular formula is C12H5BrF3N5O2S2. The Labute approximate surface area is 154 Å². The van der Waals surface area contributed by atoms with Gasteiger partial charge in [0.1, 0.15) is 4.88 Å². The van der Waals surface area contributed by atoms with Gasteiger partial charge in [-0.05, 0) is 46.5 Å². The van der Waals surface area contributed by atoms with Gasteiger partial charge in [0.2, 0.25) is 5.16 Å². The number of hydrogen-bond acceptors (Lipinski definition) is 7. The molecule has 13 heteroatoms. The lowest BCUT2D eigenvalue weighted by atomic mass is 10.3. The first-order valence-electron chi connectivity index (χ1n) is 6.29. The van der Waals surface area contributed by atoms with Gasteiger partial charge in [0.05, 0.1) is 5.69 Å². The van der Waals surface area contributed by atoms with Crippen LogP contribution in [0.15, 0.2) is 38.2 Å². The van der Waals surface area contributed by atoms with Crippen molar-refractivity contribution in [1.82, 2.24) is 25.2 Å².